The first-order valence-electron chi connectivity index (χ1n) is 6.49. The van der Waals surface area contributed by atoms with Crippen LogP contribution in [-0.4, -0.2) is 13.0 Å². The Kier molecular flexibility index (Phi) is 5.21. The minimum Gasteiger partial charge on any atom is -0.263 e. The van der Waals surface area contributed by atoms with Gasteiger partial charge in [-0.05, 0) is 55.5 Å². The lowest BCUT2D eigenvalue weighted by atomic mass is 10.0. The minimum atomic E-state index is 0.967. The van der Waals surface area contributed by atoms with Crippen molar-refractivity contribution in [3.63, 3.8) is 0 Å². The van der Waals surface area contributed by atoms with Crippen LogP contribution in [-0.2, 0) is 6.42 Å². The van der Waals surface area contributed by atoms with Crippen LogP contribution in [0.1, 0.15) is 26.4 Å². The van der Waals surface area contributed by atoms with E-state index in [0.717, 1.165) is 12.1 Å². The largest absolute Gasteiger partial charge is 0.263 e. The van der Waals surface area contributed by atoms with Gasteiger partial charge in [-0.1, -0.05) is 23.8 Å². The molecule has 0 atom stereocenters. The Morgan fingerprint density at radius 1 is 1.30 bits per heavy atom. The lowest BCUT2D eigenvalue weighted by Gasteiger charge is -2.05. The molecule has 0 spiro atoms. The van der Waals surface area contributed by atoms with Gasteiger partial charge in [0.15, 0.2) is 0 Å². The molecule has 0 aliphatic rings. The van der Waals surface area contributed by atoms with Crippen LogP contribution in [0, 0.1) is 13.8 Å². The first-order chi connectivity index (χ1) is 9.63. The topological polar surface area (TPSA) is 12.4 Å². The third kappa shape index (κ3) is 3.62. The lowest BCUT2D eigenvalue weighted by Crippen LogP contribution is -1.90. The number of hydrogen-bond donors (Lipinski definition) is 0. The normalized spacial score (nSPS) is 11.7. The second-order valence-corrected chi connectivity index (χ2v) is 6.65. The molecule has 1 nitrogen and oxygen atoms in total. The average Bonchev–Trinajstić information content (AvgIpc) is 2.88. The Labute approximate surface area is 129 Å². The fourth-order valence-corrected chi connectivity index (χ4v) is 3.58. The summed E-state index contributed by atoms with van der Waals surface area (Å²) in [7, 11) is 0. The fourth-order valence-electron chi connectivity index (χ4n) is 2.07. The van der Waals surface area contributed by atoms with E-state index in [1.165, 1.54) is 26.4 Å². The Morgan fingerprint density at radius 2 is 2.10 bits per heavy atom. The van der Waals surface area contributed by atoms with E-state index in [1.807, 2.05) is 11.7 Å². The van der Waals surface area contributed by atoms with Gasteiger partial charge in [-0.3, -0.25) is 4.99 Å². The van der Waals surface area contributed by atoms with Gasteiger partial charge in [-0.25, -0.2) is 0 Å². The van der Waals surface area contributed by atoms with Crippen molar-refractivity contribution in [3.8, 4) is 0 Å². The summed E-state index contributed by atoms with van der Waals surface area (Å²) in [6.45, 7) is 7.97. The van der Waals surface area contributed by atoms with Crippen LogP contribution in [0.2, 0.25) is 0 Å². The molecule has 0 saturated heterocycles. The van der Waals surface area contributed by atoms with Crippen molar-refractivity contribution in [1.29, 1.82) is 0 Å². The summed E-state index contributed by atoms with van der Waals surface area (Å²) in [4.78, 5) is 6.66. The maximum absolute atomic E-state index is 4.10. The highest BCUT2D eigenvalue weighted by atomic mass is 32.2. The Hall–Kier alpha value is -1.32. The number of aryl methyl sites for hydroxylation is 2. The molecule has 0 bridgehead atoms. The molecule has 104 valence electrons. The zero-order chi connectivity index (χ0) is 14.5. The van der Waals surface area contributed by atoms with E-state index in [4.69, 9.17) is 0 Å². The molecule has 0 N–H and O–H groups in total. The van der Waals surface area contributed by atoms with Gasteiger partial charge in [0.05, 0.1) is 10.6 Å². The van der Waals surface area contributed by atoms with E-state index in [2.05, 4.69) is 55.9 Å². The van der Waals surface area contributed by atoms with Crippen LogP contribution >= 0.6 is 23.1 Å². The summed E-state index contributed by atoms with van der Waals surface area (Å²) in [5.74, 6) is 0. The molecule has 0 unspecified atom stereocenters. The molecule has 3 heteroatoms. The van der Waals surface area contributed by atoms with Gasteiger partial charge in [0.2, 0.25) is 0 Å². The lowest BCUT2D eigenvalue weighted by molar-refractivity contribution is 1.18. The van der Waals surface area contributed by atoms with E-state index in [9.17, 15) is 0 Å². The summed E-state index contributed by atoms with van der Waals surface area (Å²) >= 11 is 3.46. The molecule has 0 radical (unpaired) electrons. The monoisotopic (exact) mass is 301 g/mol. The van der Waals surface area contributed by atoms with Crippen LogP contribution in [0.4, 0.5) is 0 Å². The van der Waals surface area contributed by atoms with Crippen LogP contribution in [0.15, 0.2) is 40.7 Å². The van der Waals surface area contributed by atoms with Gasteiger partial charge >= 0.3 is 0 Å². The van der Waals surface area contributed by atoms with Crippen LogP contribution < -0.4 is 0 Å². The highest BCUT2D eigenvalue weighted by Gasteiger charge is 2.06. The van der Waals surface area contributed by atoms with Gasteiger partial charge in [-0.15, -0.1) is 23.1 Å². The smallest absolute Gasteiger partial charge is 0.0857 e. The van der Waals surface area contributed by atoms with Crippen molar-refractivity contribution in [2.45, 2.75) is 20.3 Å². The molecular weight excluding hydrogens is 282 g/mol. The quantitative estimate of drug-likeness (QED) is 0.681. The SMILES string of the molecule is C=N/C(=C\SC)c1ccc(Cc2cc(C)ccc2C)s1. The van der Waals surface area contributed by atoms with Crippen molar-refractivity contribution in [1.82, 2.24) is 0 Å². The maximum atomic E-state index is 4.10. The number of benzene rings is 1. The predicted octanol–water partition coefficient (Wildman–Crippen LogP) is 5.32. The number of thioether (sulfide) groups is 1. The molecule has 2 aromatic rings. The molecule has 1 aromatic carbocycles. The van der Waals surface area contributed by atoms with E-state index >= 15 is 0 Å². The third-order valence-electron chi connectivity index (χ3n) is 3.18. The molecule has 1 heterocycles. The first-order valence-corrected chi connectivity index (χ1v) is 8.59. The second-order valence-electron chi connectivity index (χ2n) is 4.77. The Bertz CT molecular complexity index is 638. The number of hydrogen-bond acceptors (Lipinski definition) is 3. The van der Waals surface area contributed by atoms with Crippen molar-refractivity contribution in [2.24, 2.45) is 4.99 Å². The minimum absolute atomic E-state index is 0.967. The molecule has 0 aliphatic heterocycles. The second kappa shape index (κ2) is 6.91. The fraction of sp³-hybridized carbons (Fsp3) is 0.235. The van der Waals surface area contributed by atoms with Crippen molar-refractivity contribution in [3.05, 3.63) is 62.2 Å². The summed E-state index contributed by atoms with van der Waals surface area (Å²) in [5, 5.41) is 2.04. The Balaban J connectivity index is 2.23. The third-order valence-corrected chi connectivity index (χ3v) is 4.75. The highest BCUT2D eigenvalue weighted by Crippen LogP contribution is 2.28. The molecule has 1 aromatic heterocycles. The zero-order valence-electron chi connectivity index (χ0n) is 12.1. The number of thiophene rings is 1. The molecule has 2 rings (SSSR count). The van der Waals surface area contributed by atoms with Gasteiger partial charge in [0.1, 0.15) is 0 Å². The molecule has 0 saturated carbocycles. The molecule has 0 fully saturated rings. The maximum Gasteiger partial charge on any atom is 0.0857 e. The summed E-state index contributed by atoms with van der Waals surface area (Å²) < 4.78 is 0. The number of rotatable bonds is 5. The van der Waals surface area contributed by atoms with E-state index < -0.39 is 0 Å². The number of nitrogens with zero attached hydrogens (tertiary/aromatic N) is 1. The summed E-state index contributed by atoms with van der Waals surface area (Å²) in [5.41, 5.74) is 5.04. The number of aliphatic imine (C=N–C) groups is 1. The summed E-state index contributed by atoms with van der Waals surface area (Å²) in [6.07, 6.45) is 3.03. The highest BCUT2D eigenvalue weighted by molar-refractivity contribution is 8.01. The van der Waals surface area contributed by atoms with E-state index in [-0.39, 0.29) is 0 Å². The standard InChI is InChI=1S/C17H19NS2/c1-12-5-6-13(2)14(9-12)10-15-7-8-17(20-15)16(18-3)11-19-4/h5-9,11H,3,10H2,1-2,4H3/b16-11-. The van der Waals surface area contributed by atoms with Crippen molar-refractivity contribution < 1.29 is 0 Å². The van der Waals surface area contributed by atoms with E-state index in [0.29, 0.717) is 0 Å². The van der Waals surface area contributed by atoms with Gasteiger partial charge in [0.25, 0.3) is 0 Å². The zero-order valence-corrected chi connectivity index (χ0v) is 13.8. The first kappa shape index (κ1) is 15.1. The molecule has 0 amide bonds. The van der Waals surface area contributed by atoms with Gasteiger partial charge in [-0.2, -0.15) is 0 Å². The van der Waals surface area contributed by atoms with E-state index in [1.54, 1.807) is 23.1 Å². The molecule has 20 heavy (non-hydrogen) atoms. The van der Waals surface area contributed by atoms with Crippen LogP contribution in [0.25, 0.3) is 5.70 Å². The molecular formula is C17H19NS2. The van der Waals surface area contributed by atoms with Crippen molar-refractivity contribution in [2.75, 3.05) is 6.26 Å². The van der Waals surface area contributed by atoms with Gasteiger partial charge < -0.3 is 0 Å². The predicted molar refractivity (Wildman–Crippen MR) is 94.1 cm³/mol. The van der Waals surface area contributed by atoms with Gasteiger partial charge in [0, 0.05) is 11.3 Å². The van der Waals surface area contributed by atoms with Crippen LogP contribution in [0.5, 0.6) is 0 Å². The summed E-state index contributed by atoms with van der Waals surface area (Å²) in [6, 6.07) is 11.0. The Morgan fingerprint density at radius 3 is 2.80 bits per heavy atom. The average molecular weight is 301 g/mol. The molecule has 0 aliphatic carbocycles. The van der Waals surface area contributed by atoms with Crippen molar-refractivity contribution >= 4 is 35.5 Å². The van der Waals surface area contributed by atoms with Crippen LogP contribution in [0.3, 0.4) is 0 Å².